The number of carbonyl (C=O) groups is 3. The van der Waals surface area contributed by atoms with Crippen LogP contribution in [0.4, 0.5) is 0 Å². The Labute approximate surface area is 114 Å². The highest BCUT2D eigenvalue weighted by Crippen LogP contribution is 2.29. The van der Waals surface area contributed by atoms with Crippen molar-refractivity contribution in [1.82, 2.24) is 0 Å². The summed E-state index contributed by atoms with van der Waals surface area (Å²) in [5.74, 6) is -2.77. The average Bonchev–Trinajstić information content (AvgIpc) is 2.93. The van der Waals surface area contributed by atoms with E-state index < -0.39 is 23.3 Å². The van der Waals surface area contributed by atoms with Gasteiger partial charge in [-0.15, -0.1) is 0 Å². The Balaban J connectivity index is 0.000000704. The molecule has 0 bridgehead atoms. The van der Waals surface area contributed by atoms with Crippen molar-refractivity contribution >= 4 is 17.5 Å². The number of fused-ring (bicyclic) bond motifs is 2. The fourth-order valence-corrected chi connectivity index (χ4v) is 1.98. The lowest BCUT2D eigenvalue weighted by Gasteiger charge is -2.11. The number of hydrogen-bond acceptors (Lipinski definition) is 4. The van der Waals surface area contributed by atoms with Crippen molar-refractivity contribution in [2.75, 3.05) is 0 Å². The lowest BCUT2D eigenvalue weighted by Crippen LogP contribution is -2.18. The van der Waals surface area contributed by atoms with Crippen molar-refractivity contribution in [1.29, 1.82) is 0 Å². The number of benzene rings is 1. The van der Waals surface area contributed by atoms with Crippen molar-refractivity contribution in [2.24, 2.45) is 0 Å². The number of hydrogen-bond donors (Lipinski definition) is 1. The molecule has 0 unspecified atom stereocenters. The van der Waals surface area contributed by atoms with Gasteiger partial charge in [0.1, 0.15) is 0 Å². The molecule has 2 aromatic rings. The predicted octanol–water partition coefficient (Wildman–Crippen LogP) is 2.78. The first-order chi connectivity index (χ1) is 9.59. The maximum absolute atomic E-state index is 12.1. The van der Waals surface area contributed by atoms with Gasteiger partial charge in [0.15, 0.2) is 11.5 Å². The SMILES string of the molecule is CC.O=C(O)c1cc2c(o1)C(=O)c1ccccc1C2=O. The monoisotopic (exact) mass is 272 g/mol. The number of ketones is 2. The highest BCUT2D eigenvalue weighted by Gasteiger charge is 2.34. The van der Waals surface area contributed by atoms with Crippen molar-refractivity contribution in [3.05, 3.63) is 58.5 Å². The molecule has 0 radical (unpaired) electrons. The molecule has 0 saturated heterocycles. The minimum Gasteiger partial charge on any atom is -0.475 e. The second kappa shape index (κ2) is 5.13. The minimum absolute atomic E-state index is 0.0103. The molecular formula is C15H12O5. The van der Waals surface area contributed by atoms with Crippen LogP contribution in [0.15, 0.2) is 34.7 Å². The van der Waals surface area contributed by atoms with Crippen LogP contribution in [0.25, 0.3) is 0 Å². The molecule has 1 aromatic carbocycles. The van der Waals surface area contributed by atoms with Gasteiger partial charge in [0.05, 0.1) is 5.56 Å². The fourth-order valence-electron chi connectivity index (χ4n) is 1.98. The quantitative estimate of drug-likeness (QED) is 0.736. The molecule has 20 heavy (non-hydrogen) atoms. The molecule has 0 fully saturated rings. The molecule has 1 aromatic heterocycles. The number of aromatic carboxylic acids is 1. The molecule has 102 valence electrons. The summed E-state index contributed by atoms with van der Waals surface area (Å²) in [6.45, 7) is 4.00. The van der Waals surface area contributed by atoms with Gasteiger partial charge in [0.2, 0.25) is 11.5 Å². The first-order valence-corrected chi connectivity index (χ1v) is 6.15. The van der Waals surface area contributed by atoms with E-state index in [0.717, 1.165) is 6.07 Å². The van der Waals surface area contributed by atoms with Crippen LogP contribution in [0.2, 0.25) is 0 Å². The maximum Gasteiger partial charge on any atom is 0.371 e. The normalized spacial score (nSPS) is 12.1. The zero-order valence-corrected chi connectivity index (χ0v) is 11.0. The summed E-state index contributed by atoms with van der Waals surface area (Å²) in [6, 6.07) is 7.42. The van der Waals surface area contributed by atoms with Gasteiger partial charge in [-0.3, -0.25) is 9.59 Å². The summed E-state index contributed by atoms with van der Waals surface area (Å²) in [5.41, 5.74) is 0.519. The topological polar surface area (TPSA) is 84.6 Å². The Bertz CT molecular complexity index is 656. The molecule has 0 saturated carbocycles. The van der Waals surface area contributed by atoms with Crippen LogP contribution < -0.4 is 0 Å². The summed E-state index contributed by atoms with van der Waals surface area (Å²) in [5, 5.41) is 8.81. The number of carboxylic acids is 1. The molecule has 1 aliphatic carbocycles. The fraction of sp³-hybridized carbons (Fsp3) is 0.133. The van der Waals surface area contributed by atoms with Gasteiger partial charge in [-0.1, -0.05) is 38.1 Å². The summed E-state index contributed by atoms with van der Waals surface area (Å²) < 4.78 is 4.94. The van der Waals surface area contributed by atoms with Gasteiger partial charge in [0, 0.05) is 17.2 Å². The first kappa shape index (κ1) is 13.7. The zero-order chi connectivity index (χ0) is 14.9. The van der Waals surface area contributed by atoms with Gasteiger partial charge < -0.3 is 9.52 Å². The van der Waals surface area contributed by atoms with Gasteiger partial charge in [-0.2, -0.15) is 0 Å². The number of carboxylic acid groups (broad SMARTS) is 1. The molecule has 1 N–H and O–H groups in total. The number of furan rings is 1. The third kappa shape index (κ3) is 1.93. The Morgan fingerprint density at radius 2 is 1.55 bits per heavy atom. The molecule has 5 heteroatoms. The van der Waals surface area contributed by atoms with Crippen molar-refractivity contribution < 1.29 is 23.9 Å². The summed E-state index contributed by atoms with van der Waals surface area (Å²) in [6.07, 6.45) is 0. The van der Waals surface area contributed by atoms with Crippen LogP contribution in [0.1, 0.15) is 56.4 Å². The third-order valence-electron chi connectivity index (χ3n) is 2.81. The van der Waals surface area contributed by atoms with E-state index in [2.05, 4.69) is 0 Å². The number of carbonyl (C=O) groups excluding carboxylic acids is 2. The molecular weight excluding hydrogens is 260 g/mol. The third-order valence-corrected chi connectivity index (χ3v) is 2.81. The number of rotatable bonds is 1. The van der Waals surface area contributed by atoms with E-state index in [-0.39, 0.29) is 22.5 Å². The van der Waals surface area contributed by atoms with Crippen LogP contribution >= 0.6 is 0 Å². The smallest absolute Gasteiger partial charge is 0.371 e. The molecule has 0 spiro atoms. The van der Waals surface area contributed by atoms with Crippen LogP contribution in [0, 0.1) is 0 Å². The van der Waals surface area contributed by atoms with Crippen LogP contribution in [-0.4, -0.2) is 22.6 Å². The molecule has 0 atom stereocenters. The van der Waals surface area contributed by atoms with Crippen LogP contribution in [0.5, 0.6) is 0 Å². The highest BCUT2D eigenvalue weighted by molar-refractivity contribution is 6.27. The van der Waals surface area contributed by atoms with Gasteiger partial charge in [-0.25, -0.2) is 4.79 Å². The van der Waals surface area contributed by atoms with E-state index >= 15 is 0 Å². The Morgan fingerprint density at radius 3 is 2.10 bits per heavy atom. The summed E-state index contributed by atoms with van der Waals surface area (Å²) >= 11 is 0. The molecule has 1 heterocycles. The second-order valence-electron chi connectivity index (χ2n) is 3.86. The van der Waals surface area contributed by atoms with E-state index in [0.29, 0.717) is 0 Å². The zero-order valence-electron chi connectivity index (χ0n) is 11.0. The Hall–Kier alpha value is -2.69. The van der Waals surface area contributed by atoms with Gasteiger partial charge in [0.25, 0.3) is 0 Å². The van der Waals surface area contributed by atoms with E-state index in [4.69, 9.17) is 9.52 Å². The van der Waals surface area contributed by atoms with E-state index in [1.54, 1.807) is 12.1 Å². The Morgan fingerprint density at radius 1 is 1.00 bits per heavy atom. The average molecular weight is 272 g/mol. The van der Waals surface area contributed by atoms with Crippen LogP contribution in [0.3, 0.4) is 0 Å². The van der Waals surface area contributed by atoms with Gasteiger partial charge in [-0.05, 0) is 0 Å². The highest BCUT2D eigenvalue weighted by atomic mass is 16.4. The van der Waals surface area contributed by atoms with Crippen molar-refractivity contribution in [3.63, 3.8) is 0 Å². The van der Waals surface area contributed by atoms with Crippen molar-refractivity contribution in [2.45, 2.75) is 13.8 Å². The summed E-state index contributed by atoms with van der Waals surface area (Å²) in [7, 11) is 0. The minimum atomic E-state index is -1.31. The van der Waals surface area contributed by atoms with Gasteiger partial charge >= 0.3 is 5.97 Å². The molecule has 3 rings (SSSR count). The van der Waals surface area contributed by atoms with E-state index in [9.17, 15) is 14.4 Å². The molecule has 0 aliphatic heterocycles. The summed E-state index contributed by atoms with van der Waals surface area (Å²) in [4.78, 5) is 34.9. The standard InChI is InChI=1S/C13H6O5.C2H6/c14-10-6-3-1-2-4-7(6)11(15)12-8(10)5-9(18-12)13(16)17;1-2/h1-5H,(H,16,17);1-2H3. The maximum atomic E-state index is 12.1. The van der Waals surface area contributed by atoms with Crippen molar-refractivity contribution in [3.8, 4) is 0 Å². The predicted molar refractivity (Wildman–Crippen MR) is 70.3 cm³/mol. The lowest BCUT2D eigenvalue weighted by molar-refractivity contribution is 0.0660. The van der Waals surface area contributed by atoms with E-state index in [1.165, 1.54) is 12.1 Å². The van der Waals surface area contributed by atoms with E-state index in [1.807, 2.05) is 13.8 Å². The molecule has 5 nitrogen and oxygen atoms in total. The molecule has 1 aliphatic rings. The Kier molecular flexibility index (Phi) is 3.52. The molecule has 0 amide bonds. The largest absolute Gasteiger partial charge is 0.475 e. The first-order valence-electron chi connectivity index (χ1n) is 6.15. The lowest BCUT2D eigenvalue weighted by atomic mass is 9.89. The second-order valence-corrected chi connectivity index (χ2v) is 3.86. The van der Waals surface area contributed by atoms with Crippen LogP contribution in [-0.2, 0) is 0 Å².